The topological polar surface area (TPSA) is 52.6 Å². The third-order valence-electron chi connectivity index (χ3n) is 3.06. The van der Waals surface area contributed by atoms with Gasteiger partial charge in [0.05, 0.1) is 0 Å². The maximum Gasteiger partial charge on any atom is 0.320 e. The number of carboxylic acid groups (broad SMARTS) is 1. The summed E-state index contributed by atoms with van der Waals surface area (Å²) >= 11 is 0. The number of hydrogen-bond acceptors (Lipinski definition) is 3. The molecule has 0 amide bonds. The van der Waals surface area contributed by atoms with Crippen LogP contribution in [0.1, 0.15) is 25.8 Å². The number of aryl methyl sites for hydroxylation is 1. The van der Waals surface area contributed by atoms with Crippen molar-refractivity contribution in [1.82, 2.24) is 5.32 Å². The van der Waals surface area contributed by atoms with Gasteiger partial charge in [0.1, 0.15) is 6.04 Å². The third-order valence-corrected chi connectivity index (χ3v) is 3.06. The monoisotopic (exact) mass is 264 g/mol. The molecule has 1 aromatic carbocycles. The highest BCUT2D eigenvalue weighted by Crippen LogP contribution is 2.14. The van der Waals surface area contributed by atoms with Crippen LogP contribution in [0.3, 0.4) is 0 Å². The summed E-state index contributed by atoms with van der Waals surface area (Å²) in [6.45, 7) is 6.68. The lowest BCUT2D eigenvalue weighted by atomic mass is 10.1. The minimum Gasteiger partial charge on any atom is -0.480 e. The molecule has 4 nitrogen and oxygen atoms in total. The molecule has 1 rings (SSSR count). The largest absolute Gasteiger partial charge is 0.480 e. The number of anilines is 1. The zero-order chi connectivity index (χ0) is 14.4. The number of nitrogens with one attached hydrogen (secondary N) is 1. The van der Waals surface area contributed by atoms with Gasteiger partial charge in [0.15, 0.2) is 0 Å². The second-order valence-corrected chi connectivity index (χ2v) is 5.26. The van der Waals surface area contributed by atoms with Crippen LogP contribution in [0.2, 0.25) is 0 Å². The van der Waals surface area contributed by atoms with E-state index in [9.17, 15) is 4.79 Å². The molecule has 1 unspecified atom stereocenters. The van der Waals surface area contributed by atoms with Crippen molar-refractivity contribution in [3.05, 3.63) is 29.8 Å². The van der Waals surface area contributed by atoms with E-state index < -0.39 is 12.0 Å². The van der Waals surface area contributed by atoms with Crippen LogP contribution in [0.15, 0.2) is 24.3 Å². The Labute approximate surface area is 115 Å². The van der Waals surface area contributed by atoms with Gasteiger partial charge in [-0.05, 0) is 25.5 Å². The number of carboxylic acids is 1. The summed E-state index contributed by atoms with van der Waals surface area (Å²) in [6.07, 6.45) is 0.581. The maximum absolute atomic E-state index is 11.1. The van der Waals surface area contributed by atoms with Crippen molar-refractivity contribution in [3.63, 3.8) is 0 Å². The molecule has 0 spiro atoms. The molecule has 0 bridgehead atoms. The van der Waals surface area contributed by atoms with E-state index in [1.54, 1.807) is 0 Å². The Kier molecular flexibility index (Phi) is 5.83. The summed E-state index contributed by atoms with van der Waals surface area (Å²) in [7, 11) is 1.99. The van der Waals surface area contributed by atoms with E-state index in [0.717, 1.165) is 5.69 Å². The van der Waals surface area contributed by atoms with E-state index in [-0.39, 0.29) is 6.04 Å². The first-order valence-corrected chi connectivity index (χ1v) is 6.67. The second-order valence-electron chi connectivity index (χ2n) is 5.26. The normalized spacial score (nSPS) is 12.5. The van der Waals surface area contributed by atoms with Gasteiger partial charge in [-0.25, -0.2) is 0 Å². The summed E-state index contributed by atoms with van der Waals surface area (Å²) in [5.41, 5.74) is 2.33. The lowest BCUT2D eigenvalue weighted by Crippen LogP contribution is -2.42. The number of carbonyl (C=O) groups is 1. The van der Waals surface area contributed by atoms with E-state index in [1.807, 2.05) is 20.9 Å². The van der Waals surface area contributed by atoms with Crippen LogP contribution in [0.5, 0.6) is 0 Å². The molecule has 106 valence electrons. The highest BCUT2D eigenvalue weighted by Gasteiger charge is 2.18. The van der Waals surface area contributed by atoms with Gasteiger partial charge in [-0.3, -0.25) is 4.79 Å². The Morgan fingerprint density at radius 1 is 1.32 bits per heavy atom. The van der Waals surface area contributed by atoms with Gasteiger partial charge < -0.3 is 15.3 Å². The summed E-state index contributed by atoms with van der Waals surface area (Å²) in [6, 6.07) is 7.92. The minimum absolute atomic E-state index is 0.172. The van der Waals surface area contributed by atoms with E-state index in [4.69, 9.17) is 5.11 Å². The standard InChI is InChI=1S/C15H24N2O2/c1-11(2)16-14(15(18)19)9-10-17(4)13-7-5-12(3)6-8-13/h5-8,11,14,16H,9-10H2,1-4H3,(H,18,19). The molecule has 0 aliphatic heterocycles. The zero-order valence-electron chi connectivity index (χ0n) is 12.2. The molecule has 4 heteroatoms. The van der Waals surface area contributed by atoms with Crippen molar-refractivity contribution in [2.75, 3.05) is 18.5 Å². The Balaban J connectivity index is 2.54. The fraction of sp³-hybridized carbons (Fsp3) is 0.533. The third kappa shape index (κ3) is 5.30. The summed E-state index contributed by atoms with van der Waals surface area (Å²) in [4.78, 5) is 13.2. The number of rotatable bonds is 7. The molecular weight excluding hydrogens is 240 g/mol. The van der Waals surface area contributed by atoms with Crippen molar-refractivity contribution < 1.29 is 9.90 Å². The van der Waals surface area contributed by atoms with Crippen LogP contribution in [0.25, 0.3) is 0 Å². The van der Waals surface area contributed by atoms with Gasteiger partial charge in [0.2, 0.25) is 0 Å². The fourth-order valence-corrected chi connectivity index (χ4v) is 1.93. The van der Waals surface area contributed by atoms with Gasteiger partial charge in [-0.2, -0.15) is 0 Å². The Hall–Kier alpha value is -1.55. The molecule has 1 atom stereocenters. The lowest BCUT2D eigenvalue weighted by molar-refractivity contribution is -0.139. The van der Waals surface area contributed by atoms with E-state index in [0.29, 0.717) is 13.0 Å². The van der Waals surface area contributed by atoms with Crippen LogP contribution < -0.4 is 10.2 Å². The summed E-state index contributed by atoms with van der Waals surface area (Å²) in [5, 5.41) is 12.2. The molecule has 0 saturated heterocycles. The minimum atomic E-state index is -0.786. The molecule has 0 radical (unpaired) electrons. The van der Waals surface area contributed by atoms with Crippen LogP contribution in [0.4, 0.5) is 5.69 Å². The summed E-state index contributed by atoms with van der Waals surface area (Å²) < 4.78 is 0. The molecule has 1 aromatic rings. The first-order valence-electron chi connectivity index (χ1n) is 6.67. The maximum atomic E-state index is 11.1. The van der Waals surface area contributed by atoms with Crippen molar-refractivity contribution in [2.45, 2.75) is 39.3 Å². The Morgan fingerprint density at radius 3 is 2.37 bits per heavy atom. The molecule has 0 aliphatic carbocycles. The average molecular weight is 264 g/mol. The van der Waals surface area contributed by atoms with Crippen molar-refractivity contribution in [1.29, 1.82) is 0 Å². The molecule has 0 saturated carbocycles. The first-order chi connectivity index (χ1) is 8.90. The number of nitrogens with zero attached hydrogens (tertiary/aromatic N) is 1. The number of benzene rings is 1. The SMILES string of the molecule is Cc1ccc(N(C)CCC(NC(C)C)C(=O)O)cc1. The molecule has 0 aromatic heterocycles. The lowest BCUT2D eigenvalue weighted by Gasteiger charge is -2.23. The van der Waals surface area contributed by atoms with Gasteiger partial charge >= 0.3 is 5.97 Å². The molecule has 2 N–H and O–H groups in total. The smallest absolute Gasteiger partial charge is 0.320 e. The zero-order valence-corrected chi connectivity index (χ0v) is 12.2. The molecule has 0 fully saturated rings. The van der Waals surface area contributed by atoms with Gasteiger partial charge in [0.25, 0.3) is 0 Å². The average Bonchev–Trinajstić information content (AvgIpc) is 2.34. The van der Waals surface area contributed by atoms with Gasteiger partial charge in [-0.15, -0.1) is 0 Å². The molecule has 19 heavy (non-hydrogen) atoms. The van der Waals surface area contributed by atoms with Crippen molar-refractivity contribution >= 4 is 11.7 Å². The van der Waals surface area contributed by atoms with Crippen LogP contribution >= 0.6 is 0 Å². The Morgan fingerprint density at radius 2 is 1.89 bits per heavy atom. The summed E-state index contributed by atoms with van der Waals surface area (Å²) in [5.74, 6) is -0.786. The van der Waals surface area contributed by atoms with Crippen LogP contribution in [0, 0.1) is 6.92 Å². The molecular formula is C15H24N2O2. The predicted octanol–water partition coefficient (Wildman–Crippen LogP) is 2.27. The number of aliphatic carboxylic acids is 1. The number of hydrogen-bond donors (Lipinski definition) is 2. The van der Waals surface area contributed by atoms with Crippen LogP contribution in [-0.2, 0) is 4.79 Å². The second kappa shape index (κ2) is 7.14. The van der Waals surface area contributed by atoms with Crippen molar-refractivity contribution in [2.24, 2.45) is 0 Å². The van der Waals surface area contributed by atoms with E-state index in [1.165, 1.54) is 5.56 Å². The quantitative estimate of drug-likeness (QED) is 0.793. The van der Waals surface area contributed by atoms with E-state index in [2.05, 4.69) is 41.4 Å². The molecule has 0 aliphatic rings. The fourth-order valence-electron chi connectivity index (χ4n) is 1.93. The highest BCUT2D eigenvalue weighted by molar-refractivity contribution is 5.73. The molecule has 0 heterocycles. The van der Waals surface area contributed by atoms with Crippen molar-refractivity contribution in [3.8, 4) is 0 Å². The van der Waals surface area contributed by atoms with E-state index >= 15 is 0 Å². The Bertz CT molecular complexity index is 401. The van der Waals surface area contributed by atoms with Gasteiger partial charge in [-0.1, -0.05) is 31.5 Å². The highest BCUT2D eigenvalue weighted by atomic mass is 16.4. The predicted molar refractivity (Wildman–Crippen MR) is 78.8 cm³/mol. The van der Waals surface area contributed by atoms with Gasteiger partial charge in [0, 0.05) is 25.3 Å². The van der Waals surface area contributed by atoms with Crippen LogP contribution in [-0.4, -0.2) is 36.8 Å². The first kappa shape index (κ1) is 15.5.